The zero-order valence-electron chi connectivity index (χ0n) is 8.41. The third kappa shape index (κ3) is 2.22. The van der Waals surface area contributed by atoms with Crippen molar-refractivity contribution < 1.29 is 5.11 Å². The molecule has 0 spiro atoms. The highest BCUT2D eigenvalue weighted by molar-refractivity contribution is 5.36. The second-order valence-corrected chi connectivity index (χ2v) is 3.81. The predicted molar refractivity (Wildman–Crippen MR) is 54.6 cm³/mol. The third-order valence-electron chi connectivity index (χ3n) is 2.34. The summed E-state index contributed by atoms with van der Waals surface area (Å²) in [7, 11) is 0. The van der Waals surface area contributed by atoms with Crippen molar-refractivity contribution in [1.82, 2.24) is 0 Å². The molecule has 1 aromatic rings. The van der Waals surface area contributed by atoms with Crippen LogP contribution in [0.1, 0.15) is 31.0 Å². The highest BCUT2D eigenvalue weighted by atomic mass is 16.3. The number of hydrogen-bond acceptors (Lipinski definition) is 2. The molecule has 0 amide bonds. The van der Waals surface area contributed by atoms with E-state index in [-0.39, 0.29) is 11.8 Å². The second-order valence-electron chi connectivity index (χ2n) is 3.81. The van der Waals surface area contributed by atoms with Gasteiger partial charge in [-0.05, 0) is 36.1 Å². The average Bonchev–Trinajstić information content (AvgIpc) is 2.08. The average molecular weight is 179 g/mol. The van der Waals surface area contributed by atoms with Crippen molar-refractivity contribution in [3.8, 4) is 5.75 Å². The van der Waals surface area contributed by atoms with Crippen molar-refractivity contribution in [1.29, 1.82) is 0 Å². The predicted octanol–water partition coefficient (Wildman–Crippen LogP) is 2.36. The van der Waals surface area contributed by atoms with Gasteiger partial charge in [-0.1, -0.05) is 19.9 Å². The van der Waals surface area contributed by atoms with Crippen LogP contribution < -0.4 is 5.73 Å². The molecule has 1 aromatic carbocycles. The molecule has 0 aliphatic heterocycles. The highest BCUT2D eigenvalue weighted by Gasteiger charge is 2.12. The van der Waals surface area contributed by atoms with Gasteiger partial charge < -0.3 is 10.8 Å². The van der Waals surface area contributed by atoms with E-state index in [0.29, 0.717) is 5.92 Å². The lowest BCUT2D eigenvalue weighted by molar-refractivity contribution is 0.468. The van der Waals surface area contributed by atoms with Crippen LogP contribution >= 0.6 is 0 Å². The number of phenolic OH excluding ortho intramolecular Hbond substituents is 1. The Hall–Kier alpha value is -1.02. The van der Waals surface area contributed by atoms with Gasteiger partial charge in [0.05, 0.1) is 0 Å². The fourth-order valence-corrected chi connectivity index (χ4v) is 1.35. The molecule has 3 N–H and O–H groups in total. The van der Waals surface area contributed by atoms with Crippen LogP contribution in [0.15, 0.2) is 18.2 Å². The van der Waals surface area contributed by atoms with Crippen LogP contribution in [-0.4, -0.2) is 5.11 Å². The molecular weight excluding hydrogens is 162 g/mol. The smallest absolute Gasteiger partial charge is 0.115 e. The van der Waals surface area contributed by atoms with Gasteiger partial charge >= 0.3 is 0 Å². The van der Waals surface area contributed by atoms with Gasteiger partial charge in [-0.3, -0.25) is 0 Å². The van der Waals surface area contributed by atoms with Crippen LogP contribution in [0.2, 0.25) is 0 Å². The summed E-state index contributed by atoms with van der Waals surface area (Å²) in [5.41, 5.74) is 8.17. The van der Waals surface area contributed by atoms with Gasteiger partial charge in [-0.25, -0.2) is 0 Å². The summed E-state index contributed by atoms with van der Waals surface area (Å²) in [6.07, 6.45) is 0. The Morgan fingerprint density at radius 2 is 1.92 bits per heavy atom. The minimum Gasteiger partial charge on any atom is -0.508 e. The molecule has 13 heavy (non-hydrogen) atoms. The van der Waals surface area contributed by atoms with E-state index in [0.717, 1.165) is 11.1 Å². The number of phenols is 1. The first-order valence-electron chi connectivity index (χ1n) is 4.57. The second kappa shape index (κ2) is 3.79. The molecule has 0 aliphatic carbocycles. The molecule has 72 valence electrons. The third-order valence-corrected chi connectivity index (χ3v) is 2.34. The molecule has 0 saturated carbocycles. The molecule has 0 aromatic heterocycles. The fraction of sp³-hybridized carbons (Fsp3) is 0.455. The number of benzene rings is 1. The number of hydrogen-bond donors (Lipinski definition) is 2. The van der Waals surface area contributed by atoms with E-state index in [2.05, 4.69) is 13.8 Å². The minimum absolute atomic E-state index is 0.00657. The number of aromatic hydroxyl groups is 1. The highest BCUT2D eigenvalue weighted by Crippen LogP contribution is 2.25. The van der Waals surface area contributed by atoms with Crippen molar-refractivity contribution in [2.45, 2.75) is 26.8 Å². The molecule has 0 fully saturated rings. The molecule has 2 heteroatoms. The van der Waals surface area contributed by atoms with Gasteiger partial charge in [0.2, 0.25) is 0 Å². The van der Waals surface area contributed by atoms with Crippen LogP contribution in [0.25, 0.3) is 0 Å². The Balaban J connectivity index is 3.05. The maximum atomic E-state index is 9.31. The van der Waals surface area contributed by atoms with Crippen LogP contribution in [0, 0.1) is 12.8 Å². The maximum absolute atomic E-state index is 9.31. The molecule has 2 nitrogen and oxygen atoms in total. The van der Waals surface area contributed by atoms with E-state index in [1.165, 1.54) is 0 Å². The van der Waals surface area contributed by atoms with E-state index in [4.69, 9.17) is 5.73 Å². The van der Waals surface area contributed by atoms with Crippen molar-refractivity contribution in [2.75, 3.05) is 0 Å². The first kappa shape index (κ1) is 10.1. The number of aryl methyl sites for hydroxylation is 1. The van der Waals surface area contributed by atoms with E-state index in [1.54, 1.807) is 12.1 Å². The lowest BCUT2D eigenvalue weighted by atomic mass is 9.93. The SMILES string of the molecule is Cc1ccc(O)cc1[C@@H](N)C(C)C. The van der Waals surface area contributed by atoms with Gasteiger partial charge in [0.1, 0.15) is 5.75 Å². The fourth-order valence-electron chi connectivity index (χ4n) is 1.35. The van der Waals surface area contributed by atoms with E-state index < -0.39 is 0 Å². The molecule has 0 saturated heterocycles. The van der Waals surface area contributed by atoms with Crippen LogP contribution in [-0.2, 0) is 0 Å². The Morgan fingerprint density at radius 3 is 2.46 bits per heavy atom. The standard InChI is InChI=1S/C11H17NO/c1-7(2)11(12)10-6-9(13)5-4-8(10)3/h4-7,11,13H,12H2,1-3H3/t11-/m0/s1. The van der Waals surface area contributed by atoms with Crippen LogP contribution in [0.5, 0.6) is 5.75 Å². The number of rotatable bonds is 2. The Bertz CT molecular complexity index is 294. The van der Waals surface area contributed by atoms with Crippen LogP contribution in [0.3, 0.4) is 0 Å². The maximum Gasteiger partial charge on any atom is 0.115 e. The molecule has 0 radical (unpaired) electrons. The largest absolute Gasteiger partial charge is 0.508 e. The summed E-state index contributed by atoms with van der Waals surface area (Å²) in [5.74, 6) is 0.678. The summed E-state index contributed by atoms with van der Waals surface area (Å²) in [6.45, 7) is 6.17. The van der Waals surface area contributed by atoms with E-state index >= 15 is 0 Å². The van der Waals surface area contributed by atoms with Crippen molar-refractivity contribution in [3.05, 3.63) is 29.3 Å². The van der Waals surface area contributed by atoms with Crippen LogP contribution in [0.4, 0.5) is 0 Å². The summed E-state index contributed by atoms with van der Waals surface area (Å²) < 4.78 is 0. The van der Waals surface area contributed by atoms with Gasteiger partial charge in [-0.2, -0.15) is 0 Å². The molecule has 0 heterocycles. The molecular formula is C11H17NO. The molecule has 0 unspecified atom stereocenters. The topological polar surface area (TPSA) is 46.2 Å². The lowest BCUT2D eigenvalue weighted by Gasteiger charge is -2.18. The summed E-state index contributed by atoms with van der Waals surface area (Å²) in [6, 6.07) is 5.34. The van der Waals surface area contributed by atoms with Gasteiger partial charge in [0.25, 0.3) is 0 Å². The molecule has 0 aliphatic rings. The summed E-state index contributed by atoms with van der Waals surface area (Å²) in [5, 5.41) is 9.31. The molecule has 0 bridgehead atoms. The minimum atomic E-state index is 0.00657. The number of nitrogens with two attached hydrogens (primary N) is 1. The van der Waals surface area contributed by atoms with Gasteiger partial charge in [-0.15, -0.1) is 0 Å². The zero-order valence-corrected chi connectivity index (χ0v) is 8.41. The van der Waals surface area contributed by atoms with E-state index in [1.807, 2.05) is 13.0 Å². The molecule has 1 rings (SSSR count). The first-order chi connectivity index (χ1) is 6.02. The zero-order chi connectivity index (χ0) is 10.0. The van der Waals surface area contributed by atoms with Crippen molar-refractivity contribution in [2.24, 2.45) is 11.7 Å². The Labute approximate surface area is 79.4 Å². The molecule has 1 atom stereocenters. The Kier molecular flexibility index (Phi) is 2.94. The van der Waals surface area contributed by atoms with E-state index in [9.17, 15) is 5.11 Å². The quantitative estimate of drug-likeness (QED) is 0.732. The summed E-state index contributed by atoms with van der Waals surface area (Å²) in [4.78, 5) is 0. The van der Waals surface area contributed by atoms with Gasteiger partial charge in [0.15, 0.2) is 0 Å². The Morgan fingerprint density at radius 1 is 1.31 bits per heavy atom. The van der Waals surface area contributed by atoms with Crippen molar-refractivity contribution >= 4 is 0 Å². The summed E-state index contributed by atoms with van der Waals surface area (Å²) >= 11 is 0. The van der Waals surface area contributed by atoms with Crippen molar-refractivity contribution in [3.63, 3.8) is 0 Å². The lowest BCUT2D eigenvalue weighted by Crippen LogP contribution is -2.17. The monoisotopic (exact) mass is 179 g/mol. The normalized spacial score (nSPS) is 13.3. The first-order valence-corrected chi connectivity index (χ1v) is 4.57. The van der Waals surface area contributed by atoms with Gasteiger partial charge in [0, 0.05) is 6.04 Å².